The van der Waals surface area contributed by atoms with E-state index in [1.807, 2.05) is 25.2 Å². The highest BCUT2D eigenvalue weighted by atomic mass is 16.5. The predicted octanol–water partition coefficient (Wildman–Crippen LogP) is 1.61. The molecule has 0 heterocycles. The summed E-state index contributed by atoms with van der Waals surface area (Å²) in [5.74, 6) is 1.45. The summed E-state index contributed by atoms with van der Waals surface area (Å²) >= 11 is 0. The second kappa shape index (κ2) is 6.35. The van der Waals surface area contributed by atoms with Crippen LogP contribution in [-0.4, -0.2) is 34.9 Å². The Bertz CT molecular complexity index is 328. The van der Waals surface area contributed by atoms with Crippen molar-refractivity contribution in [2.45, 2.75) is 6.10 Å². The lowest BCUT2D eigenvalue weighted by Gasteiger charge is -2.17. The van der Waals surface area contributed by atoms with Gasteiger partial charge in [0.05, 0.1) is 20.3 Å². The molecule has 1 unspecified atom stereocenters. The summed E-state index contributed by atoms with van der Waals surface area (Å²) < 4.78 is 15.8. The van der Waals surface area contributed by atoms with Crippen LogP contribution in [0.5, 0.6) is 11.5 Å². The highest BCUT2D eigenvalue weighted by molar-refractivity contribution is 5.43. The van der Waals surface area contributed by atoms with Crippen LogP contribution in [0.1, 0.15) is 11.7 Å². The van der Waals surface area contributed by atoms with Crippen LogP contribution in [0, 0.1) is 0 Å². The minimum absolute atomic E-state index is 0.0183. The number of nitrogens with one attached hydrogen (secondary N) is 1. The van der Waals surface area contributed by atoms with Crippen molar-refractivity contribution in [1.29, 1.82) is 0 Å². The zero-order valence-corrected chi connectivity index (χ0v) is 10.2. The lowest BCUT2D eigenvalue weighted by molar-refractivity contribution is 0.104. The molecule has 0 spiro atoms. The number of ether oxygens (including phenoxy) is 3. The fourth-order valence-corrected chi connectivity index (χ4v) is 1.58. The molecule has 1 aromatic rings. The number of rotatable bonds is 6. The second-order valence-corrected chi connectivity index (χ2v) is 3.40. The third-order valence-corrected chi connectivity index (χ3v) is 2.45. The number of hydrogen-bond donors (Lipinski definition) is 1. The second-order valence-electron chi connectivity index (χ2n) is 3.40. The van der Waals surface area contributed by atoms with E-state index in [1.165, 1.54) is 0 Å². The van der Waals surface area contributed by atoms with Gasteiger partial charge in [0.25, 0.3) is 0 Å². The summed E-state index contributed by atoms with van der Waals surface area (Å²) in [6.07, 6.45) is 0.0183. The van der Waals surface area contributed by atoms with Crippen molar-refractivity contribution >= 4 is 0 Å². The van der Waals surface area contributed by atoms with Crippen molar-refractivity contribution in [2.75, 3.05) is 34.9 Å². The van der Waals surface area contributed by atoms with Crippen LogP contribution in [0.15, 0.2) is 18.2 Å². The molecular weight excluding hydrogens is 206 g/mol. The van der Waals surface area contributed by atoms with E-state index in [-0.39, 0.29) is 6.10 Å². The van der Waals surface area contributed by atoms with Gasteiger partial charge in [0.15, 0.2) is 11.5 Å². The molecule has 1 atom stereocenters. The van der Waals surface area contributed by atoms with Crippen molar-refractivity contribution in [3.63, 3.8) is 0 Å². The minimum atomic E-state index is 0.0183. The molecule has 0 aliphatic carbocycles. The third-order valence-electron chi connectivity index (χ3n) is 2.45. The largest absolute Gasteiger partial charge is 0.493 e. The SMILES string of the molecule is CNCC(OC)c1ccc(OC)c(OC)c1. The van der Waals surface area contributed by atoms with Gasteiger partial charge in [-0.15, -0.1) is 0 Å². The molecule has 1 aromatic carbocycles. The first-order chi connectivity index (χ1) is 7.76. The Morgan fingerprint density at radius 2 is 1.81 bits per heavy atom. The maximum atomic E-state index is 5.39. The van der Waals surface area contributed by atoms with Crippen molar-refractivity contribution in [1.82, 2.24) is 5.32 Å². The Labute approximate surface area is 96.5 Å². The summed E-state index contributed by atoms with van der Waals surface area (Å²) in [4.78, 5) is 0. The van der Waals surface area contributed by atoms with Crippen molar-refractivity contribution in [2.24, 2.45) is 0 Å². The first-order valence-electron chi connectivity index (χ1n) is 5.16. The van der Waals surface area contributed by atoms with E-state index in [9.17, 15) is 0 Å². The molecule has 0 fully saturated rings. The van der Waals surface area contributed by atoms with Gasteiger partial charge in [0.1, 0.15) is 0 Å². The van der Waals surface area contributed by atoms with Gasteiger partial charge in [-0.3, -0.25) is 0 Å². The van der Waals surface area contributed by atoms with Gasteiger partial charge in [-0.05, 0) is 24.7 Å². The molecule has 0 amide bonds. The zero-order valence-electron chi connectivity index (χ0n) is 10.2. The fourth-order valence-electron chi connectivity index (χ4n) is 1.58. The average Bonchev–Trinajstić information content (AvgIpc) is 2.35. The van der Waals surface area contributed by atoms with Crippen LogP contribution in [0.2, 0.25) is 0 Å². The van der Waals surface area contributed by atoms with E-state index in [0.29, 0.717) is 0 Å². The van der Waals surface area contributed by atoms with E-state index < -0.39 is 0 Å². The molecule has 4 heteroatoms. The van der Waals surface area contributed by atoms with E-state index in [1.54, 1.807) is 21.3 Å². The quantitative estimate of drug-likeness (QED) is 0.798. The van der Waals surface area contributed by atoms with Crippen LogP contribution < -0.4 is 14.8 Å². The summed E-state index contributed by atoms with van der Waals surface area (Å²) in [5.41, 5.74) is 1.06. The van der Waals surface area contributed by atoms with Gasteiger partial charge in [-0.1, -0.05) is 6.07 Å². The molecule has 0 saturated carbocycles. The third kappa shape index (κ3) is 2.87. The van der Waals surface area contributed by atoms with E-state index >= 15 is 0 Å². The monoisotopic (exact) mass is 225 g/mol. The fraction of sp³-hybridized carbons (Fsp3) is 0.500. The Hall–Kier alpha value is -1.26. The topological polar surface area (TPSA) is 39.7 Å². The predicted molar refractivity (Wildman–Crippen MR) is 63.2 cm³/mol. The summed E-state index contributed by atoms with van der Waals surface area (Å²) in [7, 11) is 6.84. The van der Waals surface area contributed by atoms with E-state index in [0.717, 1.165) is 23.6 Å². The molecule has 0 radical (unpaired) electrons. The lowest BCUT2D eigenvalue weighted by atomic mass is 10.1. The Kier molecular flexibility index (Phi) is 5.08. The average molecular weight is 225 g/mol. The van der Waals surface area contributed by atoms with Gasteiger partial charge in [0.2, 0.25) is 0 Å². The molecular formula is C12H19NO3. The highest BCUT2D eigenvalue weighted by Gasteiger charge is 2.12. The minimum Gasteiger partial charge on any atom is -0.493 e. The molecule has 0 aliphatic rings. The van der Waals surface area contributed by atoms with Crippen LogP contribution in [0.25, 0.3) is 0 Å². The number of methoxy groups -OCH3 is 3. The highest BCUT2D eigenvalue weighted by Crippen LogP contribution is 2.30. The number of benzene rings is 1. The molecule has 0 bridgehead atoms. The molecule has 1 N–H and O–H groups in total. The molecule has 16 heavy (non-hydrogen) atoms. The van der Waals surface area contributed by atoms with Gasteiger partial charge in [0, 0.05) is 13.7 Å². The zero-order chi connectivity index (χ0) is 12.0. The van der Waals surface area contributed by atoms with Crippen molar-refractivity contribution < 1.29 is 14.2 Å². The molecule has 0 aliphatic heterocycles. The maximum Gasteiger partial charge on any atom is 0.161 e. The number of likely N-dealkylation sites (N-methyl/N-ethyl adjacent to an activating group) is 1. The lowest BCUT2D eigenvalue weighted by Crippen LogP contribution is -2.18. The Morgan fingerprint density at radius 1 is 1.12 bits per heavy atom. The summed E-state index contributed by atoms with van der Waals surface area (Å²) in [6, 6.07) is 5.80. The Morgan fingerprint density at radius 3 is 2.31 bits per heavy atom. The van der Waals surface area contributed by atoms with Gasteiger partial charge >= 0.3 is 0 Å². The smallest absolute Gasteiger partial charge is 0.161 e. The van der Waals surface area contributed by atoms with Crippen LogP contribution >= 0.6 is 0 Å². The van der Waals surface area contributed by atoms with Crippen LogP contribution in [0.3, 0.4) is 0 Å². The maximum absolute atomic E-state index is 5.39. The molecule has 1 rings (SSSR count). The van der Waals surface area contributed by atoms with Crippen molar-refractivity contribution in [3.05, 3.63) is 23.8 Å². The normalized spacial score (nSPS) is 12.2. The van der Waals surface area contributed by atoms with Gasteiger partial charge in [-0.2, -0.15) is 0 Å². The van der Waals surface area contributed by atoms with Crippen LogP contribution in [-0.2, 0) is 4.74 Å². The standard InChI is InChI=1S/C12H19NO3/c1-13-8-12(16-4)9-5-6-10(14-2)11(7-9)15-3/h5-7,12-13H,8H2,1-4H3. The summed E-state index contributed by atoms with van der Waals surface area (Å²) in [6.45, 7) is 0.756. The van der Waals surface area contributed by atoms with Crippen LogP contribution in [0.4, 0.5) is 0 Å². The molecule has 0 saturated heterocycles. The number of hydrogen-bond acceptors (Lipinski definition) is 4. The van der Waals surface area contributed by atoms with Gasteiger partial charge in [-0.25, -0.2) is 0 Å². The summed E-state index contributed by atoms with van der Waals surface area (Å²) in [5, 5.41) is 3.09. The first kappa shape index (κ1) is 12.8. The van der Waals surface area contributed by atoms with E-state index in [2.05, 4.69) is 5.32 Å². The first-order valence-corrected chi connectivity index (χ1v) is 5.16. The molecule has 4 nitrogen and oxygen atoms in total. The molecule has 90 valence electrons. The Balaban J connectivity index is 2.96. The van der Waals surface area contributed by atoms with Gasteiger partial charge < -0.3 is 19.5 Å². The van der Waals surface area contributed by atoms with Crippen molar-refractivity contribution in [3.8, 4) is 11.5 Å². The van der Waals surface area contributed by atoms with E-state index in [4.69, 9.17) is 14.2 Å². The molecule has 0 aromatic heterocycles.